The van der Waals surface area contributed by atoms with Crippen LogP contribution in [0.2, 0.25) is 0 Å². The zero-order valence-corrected chi connectivity index (χ0v) is 16.9. The van der Waals surface area contributed by atoms with Crippen LogP contribution in [0.5, 0.6) is 5.75 Å². The van der Waals surface area contributed by atoms with Crippen LogP contribution in [0.4, 0.5) is 17.1 Å². The SMILES string of the molecule is CCOc1cccc(=Nc2ccc(Nc3ccccc3)cc2)c2c(C)oc(C)c12. The minimum Gasteiger partial charge on any atom is -0.493 e. The van der Waals surface area contributed by atoms with Crippen LogP contribution in [0.1, 0.15) is 18.4 Å². The van der Waals surface area contributed by atoms with E-state index in [4.69, 9.17) is 14.1 Å². The molecule has 0 spiro atoms. The first-order valence-electron chi connectivity index (χ1n) is 9.78. The van der Waals surface area contributed by atoms with Crippen molar-refractivity contribution in [2.24, 2.45) is 4.99 Å². The van der Waals surface area contributed by atoms with Gasteiger partial charge >= 0.3 is 0 Å². The lowest BCUT2D eigenvalue weighted by atomic mass is 10.2. The number of furan rings is 1. The molecule has 29 heavy (non-hydrogen) atoms. The van der Waals surface area contributed by atoms with Crippen molar-refractivity contribution in [3.63, 3.8) is 0 Å². The van der Waals surface area contributed by atoms with E-state index in [1.165, 1.54) is 0 Å². The van der Waals surface area contributed by atoms with Crippen LogP contribution in [-0.2, 0) is 0 Å². The predicted molar refractivity (Wildman–Crippen MR) is 118 cm³/mol. The van der Waals surface area contributed by atoms with E-state index in [0.717, 1.165) is 50.5 Å². The molecular weight excluding hydrogens is 360 g/mol. The molecule has 0 fully saturated rings. The Balaban J connectivity index is 1.76. The summed E-state index contributed by atoms with van der Waals surface area (Å²) in [6, 6.07) is 24.2. The molecule has 0 saturated carbocycles. The van der Waals surface area contributed by atoms with Crippen molar-refractivity contribution >= 4 is 27.8 Å². The molecular formula is C25H24N2O2. The summed E-state index contributed by atoms with van der Waals surface area (Å²) in [5.41, 5.74) is 2.96. The van der Waals surface area contributed by atoms with Crippen molar-refractivity contribution in [1.82, 2.24) is 0 Å². The predicted octanol–water partition coefficient (Wildman–Crippen LogP) is 6.42. The molecule has 1 N–H and O–H groups in total. The molecule has 4 heteroatoms. The zero-order chi connectivity index (χ0) is 20.2. The quantitative estimate of drug-likeness (QED) is 0.431. The molecule has 3 aromatic carbocycles. The third kappa shape index (κ3) is 4.02. The second-order valence-electron chi connectivity index (χ2n) is 6.82. The lowest BCUT2D eigenvalue weighted by molar-refractivity contribution is 0.344. The smallest absolute Gasteiger partial charge is 0.130 e. The van der Waals surface area contributed by atoms with Gasteiger partial charge in [-0.15, -0.1) is 0 Å². The molecule has 0 unspecified atom stereocenters. The van der Waals surface area contributed by atoms with Crippen molar-refractivity contribution in [1.29, 1.82) is 0 Å². The minimum atomic E-state index is 0.602. The van der Waals surface area contributed by atoms with Crippen molar-refractivity contribution in [3.8, 4) is 5.75 Å². The van der Waals surface area contributed by atoms with E-state index in [1.54, 1.807) is 0 Å². The summed E-state index contributed by atoms with van der Waals surface area (Å²) in [7, 11) is 0. The van der Waals surface area contributed by atoms with Gasteiger partial charge in [-0.25, -0.2) is 4.99 Å². The van der Waals surface area contributed by atoms with E-state index < -0.39 is 0 Å². The molecule has 0 radical (unpaired) electrons. The molecule has 4 aromatic rings. The molecule has 1 aromatic heterocycles. The van der Waals surface area contributed by atoms with E-state index in [0.29, 0.717) is 6.61 Å². The summed E-state index contributed by atoms with van der Waals surface area (Å²) >= 11 is 0. The summed E-state index contributed by atoms with van der Waals surface area (Å²) in [5, 5.41) is 6.23. The van der Waals surface area contributed by atoms with Gasteiger partial charge in [0.2, 0.25) is 0 Å². The summed E-state index contributed by atoms with van der Waals surface area (Å²) in [6.45, 7) is 6.52. The standard InChI is InChI=1S/C25H24N2O2/c1-4-28-23-12-8-11-22(24-17(2)29-18(3)25(23)24)27-21-15-13-20(14-16-21)26-19-9-6-5-7-10-19/h5-16,26H,4H2,1-3H3. The normalized spacial score (nSPS) is 11.6. The second-order valence-corrected chi connectivity index (χ2v) is 6.82. The maximum Gasteiger partial charge on any atom is 0.130 e. The number of benzene rings is 2. The number of hydrogen-bond acceptors (Lipinski definition) is 4. The fourth-order valence-electron chi connectivity index (χ4n) is 3.50. The molecule has 0 aliphatic carbocycles. The minimum absolute atomic E-state index is 0.602. The van der Waals surface area contributed by atoms with Gasteiger partial charge in [0.1, 0.15) is 17.3 Å². The highest BCUT2D eigenvalue weighted by atomic mass is 16.5. The van der Waals surface area contributed by atoms with Crippen LogP contribution in [0, 0.1) is 13.8 Å². The Labute approximate surface area is 170 Å². The van der Waals surface area contributed by atoms with Crippen LogP contribution in [-0.4, -0.2) is 6.61 Å². The van der Waals surface area contributed by atoms with Gasteiger partial charge < -0.3 is 14.5 Å². The molecule has 4 rings (SSSR count). The Bertz CT molecular complexity index is 1190. The van der Waals surface area contributed by atoms with E-state index in [1.807, 2.05) is 93.6 Å². The fourth-order valence-corrected chi connectivity index (χ4v) is 3.50. The third-order valence-electron chi connectivity index (χ3n) is 4.74. The molecule has 146 valence electrons. The average molecular weight is 384 g/mol. The van der Waals surface area contributed by atoms with Crippen molar-refractivity contribution in [2.75, 3.05) is 11.9 Å². The van der Waals surface area contributed by atoms with Crippen LogP contribution in [0.15, 0.2) is 82.2 Å². The Kier molecular flexibility index (Phi) is 5.34. The topological polar surface area (TPSA) is 46.8 Å². The largest absolute Gasteiger partial charge is 0.493 e. The van der Waals surface area contributed by atoms with Crippen molar-refractivity contribution in [3.05, 3.63) is 89.7 Å². The maximum atomic E-state index is 5.91. The highest BCUT2D eigenvalue weighted by Gasteiger charge is 2.13. The molecule has 0 aliphatic rings. The number of aryl methyl sites for hydroxylation is 2. The van der Waals surface area contributed by atoms with Crippen molar-refractivity contribution < 1.29 is 9.15 Å². The number of hydrogen-bond donors (Lipinski definition) is 1. The summed E-state index contributed by atoms with van der Waals surface area (Å²) < 4.78 is 11.7. The Morgan fingerprint density at radius 3 is 2.21 bits per heavy atom. The highest BCUT2D eigenvalue weighted by molar-refractivity contribution is 5.91. The summed E-state index contributed by atoms with van der Waals surface area (Å²) in [6.07, 6.45) is 0. The first-order valence-corrected chi connectivity index (χ1v) is 9.78. The number of para-hydroxylation sites is 1. The van der Waals surface area contributed by atoms with Gasteiger partial charge in [0.25, 0.3) is 0 Å². The third-order valence-corrected chi connectivity index (χ3v) is 4.74. The van der Waals surface area contributed by atoms with Gasteiger partial charge in [0.05, 0.1) is 28.4 Å². The average Bonchev–Trinajstić information content (AvgIpc) is 2.90. The maximum absolute atomic E-state index is 5.91. The number of nitrogens with one attached hydrogen (secondary N) is 1. The first kappa shape index (κ1) is 18.8. The number of fused-ring (bicyclic) bond motifs is 1. The van der Waals surface area contributed by atoms with Gasteiger partial charge in [-0.05, 0) is 69.3 Å². The van der Waals surface area contributed by atoms with Gasteiger partial charge in [-0.3, -0.25) is 0 Å². The molecule has 0 saturated heterocycles. The lowest BCUT2D eigenvalue weighted by Gasteiger charge is -2.06. The van der Waals surface area contributed by atoms with Gasteiger partial charge in [-0.1, -0.05) is 24.3 Å². The van der Waals surface area contributed by atoms with E-state index >= 15 is 0 Å². The Morgan fingerprint density at radius 1 is 0.793 bits per heavy atom. The lowest BCUT2D eigenvalue weighted by Crippen LogP contribution is -1.99. The number of ether oxygens (including phenoxy) is 1. The molecule has 0 atom stereocenters. The van der Waals surface area contributed by atoms with E-state index in [-0.39, 0.29) is 0 Å². The van der Waals surface area contributed by atoms with Crippen molar-refractivity contribution in [2.45, 2.75) is 20.8 Å². The molecule has 1 heterocycles. The Hall–Kier alpha value is -3.53. The monoisotopic (exact) mass is 384 g/mol. The molecule has 4 nitrogen and oxygen atoms in total. The molecule has 0 amide bonds. The summed E-state index contributed by atoms with van der Waals surface area (Å²) in [5.74, 6) is 2.51. The fraction of sp³-hybridized carbons (Fsp3) is 0.160. The number of anilines is 2. The van der Waals surface area contributed by atoms with Crippen LogP contribution in [0.3, 0.4) is 0 Å². The number of rotatable bonds is 5. The van der Waals surface area contributed by atoms with Crippen LogP contribution in [0.25, 0.3) is 10.8 Å². The number of nitrogens with zero attached hydrogens (tertiary/aromatic N) is 1. The van der Waals surface area contributed by atoms with Gasteiger partial charge in [0.15, 0.2) is 0 Å². The van der Waals surface area contributed by atoms with Crippen LogP contribution < -0.4 is 15.4 Å². The molecule has 0 bridgehead atoms. The van der Waals surface area contributed by atoms with Crippen LogP contribution >= 0.6 is 0 Å². The van der Waals surface area contributed by atoms with Gasteiger partial charge in [0, 0.05) is 11.4 Å². The zero-order valence-electron chi connectivity index (χ0n) is 16.9. The summed E-state index contributed by atoms with van der Waals surface area (Å²) in [4.78, 5) is 4.89. The first-order chi connectivity index (χ1) is 14.2. The highest BCUT2D eigenvalue weighted by Crippen LogP contribution is 2.30. The Morgan fingerprint density at radius 2 is 1.48 bits per heavy atom. The van der Waals surface area contributed by atoms with Gasteiger partial charge in [-0.2, -0.15) is 0 Å². The molecule has 0 aliphatic heterocycles. The van der Waals surface area contributed by atoms with E-state index in [2.05, 4.69) is 5.32 Å². The second kappa shape index (κ2) is 8.23. The van der Waals surface area contributed by atoms with E-state index in [9.17, 15) is 0 Å².